The SMILES string of the molecule is Cc1ccccc1-c1ccc(OCCCCCl)cc1. The molecule has 0 aliphatic heterocycles. The maximum atomic E-state index is 5.67. The van der Waals surface area contributed by atoms with Crippen LogP contribution >= 0.6 is 11.6 Å². The van der Waals surface area contributed by atoms with Crippen LogP contribution in [0.25, 0.3) is 11.1 Å². The van der Waals surface area contributed by atoms with Gasteiger partial charge in [-0.05, 0) is 48.6 Å². The molecule has 0 radical (unpaired) electrons. The highest BCUT2D eigenvalue weighted by Crippen LogP contribution is 2.25. The summed E-state index contributed by atoms with van der Waals surface area (Å²) in [4.78, 5) is 0. The largest absolute Gasteiger partial charge is 0.494 e. The lowest BCUT2D eigenvalue weighted by atomic mass is 10.0. The molecule has 100 valence electrons. The normalized spacial score (nSPS) is 10.4. The van der Waals surface area contributed by atoms with Crippen molar-refractivity contribution in [2.24, 2.45) is 0 Å². The van der Waals surface area contributed by atoms with Crippen molar-refractivity contribution in [1.29, 1.82) is 0 Å². The van der Waals surface area contributed by atoms with Crippen LogP contribution in [0, 0.1) is 6.92 Å². The van der Waals surface area contributed by atoms with Crippen molar-refractivity contribution < 1.29 is 4.74 Å². The highest BCUT2D eigenvalue weighted by atomic mass is 35.5. The summed E-state index contributed by atoms with van der Waals surface area (Å²) in [6.07, 6.45) is 2.01. The molecule has 0 fully saturated rings. The van der Waals surface area contributed by atoms with Crippen LogP contribution in [0.15, 0.2) is 48.5 Å². The van der Waals surface area contributed by atoms with Crippen molar-refractivity contribution in [3.8, 4) is 16.9 Å². The molecular weight excluding hydrogens is 256 g/mol. The third kappa shape index (κ3) is 4.00. The summed E-state index contributed by atoms with van der Waals surface area (Å²) in [5.74, 6) is 1.63. The molecule has 0 bridgehead atoms. The Morgan fingerprint density at radius 3 is 2.37 bits per heavy atom. The smallest absolute Gasteiger partial charge is 0.119 e. The van der Waals surface area contributed by atoms with E-state index in [1.807, 2.05) is 12.1 Å². The Labute approximate surface area is 120 Å². The minimum atomic E-state index is 0.704. The Bertz CT molecular complexity index is 505. The number of unbranched alkanes of at least 4 members (excludes halogenated alkanes) is 1. The zero-order chi connectivity index (χ0) is 13.5. The summed E-state index contributed by atoms with van der Waals surface area (Å²) in [7, 11) is 0. The number of halogens is 1. The number of ether oxygens (including phenoxy) is 1. The van der Waals surface area contributed by atoms with Crippen LogP contribution in [0.3, 0.4) is 0 Å². The van der Waals surface area contributed by atoms with Gasteiger partial charge in [-0.15, -0.1) is 11.6 Å². The first-order valence-corrected chi connectivity index (χ1v) is 7.19. The van der Waals surface area contributed by atoms with Gasteiger partial charge in [0.1, 0.15) is 5.75 Å². The molecule has 0 saturated carbocycles. The van der Waals surface area contributed by atoms with Crippen molar-refractivity contribution in [2.75, 3.05) is 12.5 Å². The predicted molar refractivity (Wildman–Crippen MR) is 82.1 cm³/mol. The topological polar surface area (TPSA) is 9.23 Å². The van der Waals surface area contributed by atoms with Gasteiger partial charge in [-0.3, -0.25) is 0 Å². The monoisotopic (exact) mass is 274 g/mol. The molecule has 2 aromatic carbocycles. The van der Waals surface area contributed by atoms with Crippen LogP contribution < -0.4 is 4.74 Å². The van der Waals surface area contributed by atoms with Crippen LogP contribution in [0.2, 0.25) is 0 Å². The molecular formula is C17H19ClO. The number of rotatable bonds is 6. The van der Waals surface area contributed by atoms with Crippen LogP contribution in [0.1, 0.15) is 18.4 Å². The van der Waals surface area contributed by atoms with Crippen molar-refractivity contribution in [3.05, 3.63) is 54.1 Å². The maximum absolute atomic E-state index is 5.67. The molecule has 0 heterocycles. The second-order valence-electron chi connectivity index (χ2n) is 4.58. The highest BCUT2D eigenvalue weighted by molar-refractivity contribution is 6.17. The second-order valence-corrected chi connectivity index (χ2v) is 4.96. The molecule has 2 heteroatoms. The summed E-state index contributed by atoms with van der Waals surface area (Å²) >= 11 is 5.63. The van der Waals surface area contributed by atoms with Crippen LogP contribution in [-0.2, 0) is 0 Å². The molecule has 0 aromatic heterocycles. The number of hydrogen-bond donors (Lipinski definition) is 0. The van der Waals surface area contributed by atoms with Gasteiger partial charge in [-0.2, -0.15) is 0 Å². The summed E-state index contributed by atoms with van der Waals surface area (Å²) in [5, 5.41) is 0. The van der Waals surface area contributed by atoms with E-state index in [1.54, 1.807) is 0 Å². The fourth-order valence-corrected chi connectivity index (χ4v) is 2.20. The van der Waals surface area contributed by atoms with E-state index in [-0.39, 0.29) is 0 Å². The molecule has 0 N–H and O–H groups in total. The average molecular weight is 275 g/mol. The molecule has 0 spiro atoms. The first kappa shape index (κ1) is 14.0. The minimum Gasteiger partial charge on any atom is -0.494 e. The molecule has 0 unspecified atom stereocenters. The van der Waals surface area contributed by atoms with Gasteiger partial charge in [0, 0.05) is 5.88 Å². The molecule has 0 aliphatic rings. The summed E-state index contributed by atoms with van der Waals surface area (Å²) < 4.78 is 5.67. The Hall–Kier alpha value is -1.47. The van der Waals surface area contributed by atoms with Gasteiger partial charge in [-0.25, -0.2) is 0 Å². The average Bonchev–Trinajstić information content (AvgIpc) is 2.45. The number of benzene rings is 2. The summed E-state index contributed by atoms with van der Waals surface area (Å²) in [6, 6.07) is 16.7. The first-order valence-electron chi connectivity index (χ1n) is 6.66. The predicted octanol–water partition coefficient (Wildman–Crippen LogP) is 5.06. The van der Waals surface area contributed by atoms with Gasteiger partial charge in [0.25, 0.3) is 0 Å². The van der Waals surface area contributed by atoms with Crippen LogP contribution in [0.5, 0.6) is 5.75 Å². The lowest BCUT2D eigenvalue weighted by Gasteiger charge is -2.08. The molecule has 19 heavy (non-hydrogen) atoms. The fraction of sp³-hybridized carbons (Fsp3) is 0.294. The number of alkyl halides is 1. The zero-order valence-corrected chi connectivity index (χ0v) is 12.0. The second kappa shape index (κ2) is 7.20. The maximum Gasteiger partial charge on any atom is 0.119 e. The third-order valence-electron chi connectivity index (χ3n) is 3.11. The lowest BCUT2D eigenvalue weighted by Crippen LogP contribution is -1.97. The Morgan fingerprint density at radius 2 is 1.68 bits per heavy atom. The highest BCUT2D eigenvalue weighted by Gasteiger charge is 2.01. The van der Waals surface area contributed by atoms with E-state index in [9.17, 15) is 0 Å². The molecule has 0 atom stereocenters. The molecule has 0 amide bonds. The standard InChI is InChI=1S/C17H19ClO/c1-14-6-2-3-7-17(14)15-8-10-16(11-9-15)19-13-5-4-12-18/h2-3,6-11H,4-5,12-13H2,1H3. The Balaban J connectivity index is 2.01. The third-order valence-corrected chi connectivity index (χ3v) is 3.37. The molecule has 0 saturated heterocycles. The van der Waals surface area contributed by atoms with Gasteiger partial charge >= 0.3 is 0 Å². The van der Waals surface area contributed by atoms with E-state index in [0.717, 1.165) is 25.2 Å². The fourth-order valence-electron chi connectivity index (χ4n) is 2.01. The van der Waals surface area contributed by atoms with Gasteiger partial charge < -0.3 is 4.74 Å². The first-order chi connectivity index (χ1) is 9.31. The summed E-state index contributed by atoms with van der Waals surface area (Å²) in [5.41, 5.74) is 3.79. The van der Waals surface area contributed by atoms with Gasteiger partial charge in [0.15, 0.2) is 0 Å². The molecule has 1 nitrogen and oxygen atoms in total. The van der Waals surface area contributed by atoms with Crippen LogP contribution in [0.4, 0.5) is 0 Å². The van der Waals surface area contributed by atoms with Crippen LogP contribution in [-0.4, -0.2) is 12.5 Å². The van der Waals surface area contributed by atoms with Crippen molar-refractivity contribution in [2.45, 2.75) is 19.8 Å². The van der Waals surface area contributed by atoms with Crippen molar-refractivity contribution >= 4 is 11.6 Å². The van der Waals surface area contributed by atoms with E-state index in [4.69, 9.17) is 16.3 Å². The minimum absolute atomic E-state index is 0.704. The lowest BCUT2D eigenvalue weighted by molar-refractivity contribution is 0.310. The van der Waals surface area contributed by atoms with Crippen molar-refractivity contribution in [3.63, 3.8) is 0 Å². The summed E-state index contributed by atoms with van der Waals surface area (Å²) in [6.45, 7) is 2.86. The molecule has 0 aliphatic carbocycles. The van der Waals surface area contributed by atoms with E-state index in [0.29, 0.717) is 5.88 Å². The van der Waals surface area contributed by atoms with Gasteiger partial charge in [0.2, 0.25) is 0 Å². The van der Waals surface area contributed by atoms with Gasteiger partial charge in [0.05, 0.1) is 6.61 Å². The van der Waals surface area contributed by atoms with E-state index in [1.165, 1.54) is 16.7 Å². The van der Waals surface area contributed by atoms with E-state index < -0.39 is 0 Å². The quantitative estimate of drug-likeness (QED) is 0.528. The van der Waals surface area contributed by atoms with E-state index in [2.05, 4.69) is 43.3 Å². The Kier molecular flexibility index (Phi) is 5.29. The van der Waals surface area contributed by atoms with E-state index >= 15 is 0 Å². The number of hydrogen-bond acceptors (Lipinski definition) is 1. The van der Waals surface area contributed by atoms with Gasteiger partial charge in [-0.1, -0.05) is 36.4 Å². The number of aryl methyl sites for hydroxylation is 1. The molecule has 2 rings (SSSR count). The van der Waals surface area contributed by atoms with Crippen molar-refractivity contribution in [1.82, 2.24) is 0 Å². The zero-order valence-electron chi connectivity index (χ0n) is 11.2. The molecule has 2 aromatic rings. The Morgan fingerprint density at radius 1 is 0.947 bits per heavy atom.